The van der Waals surface area contributed by atoms with E-state index in [2.05, 4.69) is 26.6 Å². The highest BCUT2D eigenvalue weighted by Crippen LogP contribution is 2.22. The number of carbonyl (C=O) groups excluding carboxylic acids is 1. The summed E-state index contributed by atoms with van der Waals surface area (Å²) in [5.41, 5.74) is 0.648. The van der Waals surface area contributed by atoms with Crippen molar-refractivity contribution >= 4 is 22.0 Å². The van der Waals surface area contributed by atoms with Crippen LogP contribution in [-0.4, -0.2) is 23.3 Å². The first kappa shape index (κ1) is 17.0. The summed E-state index contributed by atoms with van der Waals surface area (Å²) < 4.78 is 0.974. The lowest BCUT2D eigenvalue weighted by Crippen LogP contribution is -2.50. The molecule has 0 heterocycles. The fourth-order valence-corrected chi connectivity index (χ4v) is 2.61. The normalized spacial score (nSPS) is 15.2. The minimum absolute atomic E-state index is 0.0599. The zero-order valence-corrected chi connectivity index (χ0v) is 13.8. The van der Waals surface area contributed by atoms with Crippen LogP contribution < -0.4 is 10.6 Å². The van der Waals surface area contributed by atoms with Gasteiger partial charge in [0.1, 0.15) is 0 Å². The Morgan fingerprint density at radius 3 is 2.65 bits per heavy atom. The maximum Gasteiger partial charge on any atom is 0.315 e. The molecule has 2 unspecified atom stereocenters. The Kier molecular flexibility index (Phi) is 6.49. The van der Waals surface area contributed by atoms with Crippen LogP contribution in [0.2, 0.25) is 0 Å². The monoisotopic (exact) mass is 342 g/mol. The van der Waals surface area contributed by atoms with E-state index in [9.17, 15) is 4.79 Å². The number of hydrogen-bond acceptors (Lipinski definition) is 2. The molecule has 1 rings (SSSR count). The fraction of sp³-hybridized carbons (Fsp3) is 0.533. The molecule has 0 radical (unpaired) electrons. The second-order valence-corrected chi connectivity index (χ2v) is 6.08. The Labute approximate surface area is 129 Å². The first-order chi connectivity index (χ1) is 9.41. The first-order valence-corrected chi connectivity index (χ1v) is 7.65. The SMILES string of the molecule is CCC(C)(CCO)NC(=O)NC(C)c1ccccc1Br. The molecular weight excluding hydrogens is 320 g/mol. The highest BCUT2D eigenvalue weighted by molar-refractivity contribution is 9.10. The number of benzene rings is 1. The summed E-state index contributed by atoms with van der Waals surface area (Å²) in [4.78, 5) is 12.1. The molecule has 20 heavy (non-hydrogen) atoms. The van der Waals surface area contributed by atoms with Crippen LogP contribution in [0.3, 0.4) is 0 Å². The summed E-state index contributed by atoms with van der Waals surface area (Å²) in [6.45, 7) is 5.93. The van der Waals surface area contributed by atoms with Gasteiger partial charge in [0.2, 0.25) is 0 Å². The largest absolute Gasteiger partial charge is 0.396 e. The molecule has 2 amide bonds. The summed E-state index contributed by atoms with van der Waals surface area (Å²) in [5.74, 6) is 0. The van der Waals surface area contributed by atoms with Crippen molar-refractivity contribution in [2.75, 3.05) is 6.61 Å². The molecule has 0 aliphatic rings. The Morgan fingerprint density at radius 2 is 2.10 bits per heavy atom. The van der Waals surface area contributed by atoms with Crippen LogP contribution >= 0.6 is 15.9 Å². The van der Waals surface area contributed by atoms with Crippen molar-refractivity contribution in [1.82, 2.24) is 10.6 Å². The smallest absolute Gasteiger partial charge is 0.315 e. The number of hydrogen-bond donors (Lipinski definition) is 3. The summed E-state index contributed by atoms with van der Waals surface area (Å²) >= 11 is 3.48. The number of carbonyl (C=O) groups is 1. The summed E-state index contributed by atoms with van der Waals surface area (Å²) in [7, 11) is 0. The standard InChI is InChI=1S/C15H23BrN2O2/c1-4-15(3,9-10-19)18-14(20)17-11(2)12-7-5-6-8-13(12)16/h5-8,11,19H,4,9-10H2,1-3H3,(H2,17,18,20). The first-order valence-electron chi connectivity index (χ1n) is 6.86. The van der Waals surface area contributed by atoms with Crippen LogP contribution in [0.15, 0.2) is 28.7 Å². The molecular formula is C15H23BrN2O2. The molecule has 0 aliphatic heterocycles. The van der Waals surface area contributed by atoms with Crippen molar-refractivity contribution in [2.45, 2.75) is 45.2 Å². The van der Waals surface area contributed by atoms with Gasteiger partial charge in [0.05, 0.1) is 6.04 Å². The average molecular weight is 343 g/mol. The zero-order valence-electron chi connectivity index (χ0n) is 12.2. The van der Waals surface area contributed by atoms with Gasteiger partial charge in [-0.2, -0.15) is 0 Å². The molecule has 0 aliphatic carbocycles. The minimum Gasteiger partial charge on any atom is -0.396 e. The van der Waals surface area contributed by atoms with Crippen molar-refractivity contribution in [1.29, 1.82) is 0 Å². The Morgan fingerprint density at radius 1 is 1.45 bits per heavy atom. The quantitative estimate of drug-likeness (QED) is 0.742. The van der Waals surface area contributed by atoms with E-state index in [1.165, 1.54) is 0 Å². The number of rotatable bonds is 6. The zero-order chi connectivity index (χ0) is 15.2. The van der Waals surface area contributed by atoms with Crippen molar-refractivity contribution in [3.63, 3.8) is 0 Å². The fourth-order valence-electron chi connectivity index (χ4n) is 1.99. The van der Waals surface area contributed by atoms with Gasteiger partial charge in [-0.15, -0.1) is 0 Å². The third kappa shape index (κ3) is 4.80. The number of nitrogens with one attached hydrogen (secondary N) is 2. The molecule has 1 aromatic rings. The van der Waals surface area contributed by atoms with E-state index in [4.69, 9.17) is 5.11 Å². The van der Waals surface area contributed by atoms with E-state index in [-0.39, 0.29) is 24.2 Å². The number of amides is 2. The Bertz CT molecular complexity index is 453. The lowest BCUT2D eigenvalue weighted by atomic mass is 9.95. The molecule has 4 nitrogen and oxygen atoms in total. The Hall–Kier alpha value is -1.07. The third-order valence-corrected chi connectivity index (χ3v) is 4.30. The number of aliphatic hydroxyl groups excluding tert-OH is 1. The minimum atomic E-state index is -0.382. The van der Waals surface area contributed by atoms with Gasteiger partial charge in [0.25, 0.3) is 0 Å². The van der Waals surface area contributed by atoms with Crippen LogP contribution in [0.1, 0.15) is 45.2 Å². The van der Waals surface area contributed by atoms with Gasteiger partial charge in [0.15, 0.2) is 0 Å². The summed E-state index contributed by atoms with van der Waals surface area (Å²) in [6, 6.07) is 7.50. The Balaban J connectivity index is 2.64. The van der Waals surface area contributed by atoms with E-state index < -0.39 is 0 Å². The lowest BCUT2D eigenvalue weighted by molar-refractivity contribution is 0.199. The predicted molar refractivity (Wildman–Crippen MR) is 84.6 cm³/mol. The van der Waals surface area contributed by atoms with Crippen LogP contribution in [0.4, 0.5) is 4.79 Å². The third-order valence-electron chi connectivity index (χ3n) is 3.58. The highest BCUT2D eigenvalue weighted by Gasteiger charge is 2.24. The van der Waals surface area contributed by atoms with E-state index in [1.54, 1.807) is 0 Å². The van der Waals surface area contributed by atoms with Gasteiger partial charge in [-0.3, -0.25) is 0 Å². The molecule has 0 fully saturated rings. The van der Waals surface area contributed by atoms with Gasteiger partial charge in [0, 0.05) is 16.6 Å². The molecule has 0 saturated heterocycles. The molecule has 3 N–H and O–H groups in total. The van der Waals surface area contributed by atoms with Crippen molar-refractivity contribution in [3.05, 3.63) is 34.3 Å². The molecule has 1 aromatic carbocycles. The molecule has 2 atom stereocenters. The number of halogens is 1. The van der Waals surface area contributed by atoms with Gasteiger partial charge < -0.3 is 15.7 Å². The molecule has 0 saturated carbocycles. The number of aliphatic hydroxyl groups is 1. The van der Waals surface area contributed by atoms with E-state index in [0.717, 1.165) is 16.5 Å². The lowest BCUT2D eigenvalue weighted by Gasteiger charge is -2.30. The average Bonchev–Trinajstić information content (AvgIpc) is 2.39. The van der Waals surface area contributed by atoms with E-state index in [0.29, 0.717) is 6.42 Å². The maximum atomic E-state index is 12.1. The summed E-state index contributed by atoms with van der Waals surface area (Å²) in [6.07, 6.45) is 1.31. The van der Waals surface area contributed by atoms with Crippen molar-refractivity contribution < 1.29 is 9.90 Å². The predicted octanol–water partition coefficient (Wildman–Crippen LogP) is 3.36. The molecule has 0 aromatic heterocycles. The van der Waals surface area contributed by atoms with E-state index >= 15 is 0 Å². The maximum absolute atomic E-state index is 12.1. The second-order valence-electron chi connectivity index (χ2n) is 5.23. The number of urea groups is 1. The van der Waals surface area contributed by atoms with Gasteiger partial charge in [-0.1, -0.05) is 41.1 Å². The summed E-state index contributed by atoms with van der Waals surface area (Å²) in [5, 5.41) is 14.9. The van der Waals surface area contributed by atoms with Crippen LogP contribution in [0.5, 0.6) is 0 Å². The van der Waals surface area contributed by atoms with Gasteiger partial charge in [-0.05, 0) is 38.3 Å². The molecule has 112 valence electrons. The molecule has 0 spiro atoms. The highest BCUT2D eigenvalue weighted by atomic mass is 79.9. The van der Waals surface area contributed by atoms with Crippen molar-refractivity contribution in [3.8, 4) is 0 Å². The van der Waals surface area contributed by atoms with E-state index in [1.807, 2.05) is 45.0 Å². The molecule has 0 bridgehead atoms. The van der Waals surface area contributed by atoms with Crippen LogP contribution in [0, 0.1) is 0 Å². The van der Waals surface area contributed by atoms with Crippen LogP contribution in [0.25, 0.3) is 0 Å². The molecule has 5 heteroatoms. The second kappa shape index (κ2) is 7.64. The van der Waals surface area contributed by atoms with Crippen LogP contribution in [-0.2, 0) is 0 Å². The topological polar surface area (TPSA) is 61.4 Å². The van der Waals surface area contributed by atoms with Crippen molar-refractivity contribution in [2.24, 2.45) is 0 Å². The van der Waals surface area contributed by atoms with Gasteiger partial charge in [-0.25, -0.2) is 4.79 Å². The van der Waals surface area contributed by atoms with Gasteiger partial charge >= 0.3 is 6.03 Å².